The molecule has 2 aromatic heterocycles. The second-order valence-corrected chi connectivity index (χ2v) is 4.82. The summed E-state index contributed by atoms with van der Waals surface area (Å²) in [5.74, 6) is 2.03. The molecule has 0 saturated carbocycles. The minimum atomic E-state index is 0.843. The molecule has 0 fully saturated rings. The first kappa shape index (κ1) is 13.6. The lowest BCUT2D eigenvalue weighted by molar-refractivity contribution is 0.619. The van der Waals surface area contributed by atoms with Crippen LogP contribution in [0.2, 0.25) is 0 Å². The maximum absolute atomic E-state index is 4.39. The highest BCUT2D eigenvalue weighted by Gasteiger charge is 2.07. The molecule has 0 aliphatic heterocycles. The first-order valence-corrected chi connectivity index (χ1v) is 6.55. The van der Waals surface area contributed by atoms with Crippen molar-refractivity contribution in [2.24, 2.45) is 7.05 Å². The van der Waals surface area contributed by atoms with Gasteiger partial charge in [0.25, 0.3) is 0 Å². The molecule has 0 saturated heterocycles. The number of imidazole rings is 2. The number of aromatic amines is 1. The highest BCUT2D eigenvalue weighted by Crippen LogP contribution is 2.10. The summed E-state index contributed by atoms with van der Waals surface area (Å²) in [4.78, 5) is 13.7. The lowest BCUT2D eigenvalue weighted by Crippen LogP contribution is -2.19. The number of hydrogen-bond donors (Lipinski definition) is 2. The molecule has 2 aromatic rings. The van der Waals surface area contributed by atoms with Crippen molar-refractivity contribution in [3.63, 3.8) is 0 Å². The molecule has 104 valence electrons. The minimum absolute atomic E-state index is 0.843. The maximum Gasteiger partial charge on any atom is 0.204 e. The zero-order valence-electron chi connectivity index (χ0n) is 11.8. The van der Waals surface area contributed by atoms with E-state index < -0.39 is 0 Å². The third kappa shape index (κ3) is 3.57. The molecule has 19 heavy (non-hydrogen) atoms. The molecule has 0 radical (unpaired) electrons. The molecule has 2 N–H and O–H groups in total. The van der Waals surface area contributed by atoms with E-state index in [1.54, 1.807) is 6.20 Å². The van der Waals surface area contributed by atoms with E-state index in [4.69, 9.17) is 0 Å². The molecule has 0 unspecified atom stereocenters. The molecule has 0 spiro atoms. The first-order valence-electron chi connectivity index (χ1n) is 6.55. The quantitative estimate of drug-likeness (QED) is 0.729. The first-order chi connectivity index (χ1) is 9.18. The van der Waals surface area contributed by atoms with Crippen LogP contribution in [0.25, 0.3) is 0 Å². The third-order valence-electron chi connectivity index (χ3n) is 3.09. The van der Waals surface area contributed by atoms with Gasteiger partial charge in [-0.15, -0.1) is 0 Å². The van der Waals surface area contributed by atoms with Crippen molar-refractivity contribution in [3.05, 3.63) is 30.1 Å². The third-order valence-corrected chi connectivity index (χ3v) is 3.09. The van der Waals surface area contributed by atoms with Gasteiger partial charge < -0.3 is 19.8 Å². The predicted octanol–water partition coefficient (Wildman–Crippen LogP) is 0.932. The van der Waals surface area contributed by atoms with E-state index in [-0.39, 0.29) is 0 Å². The van der Waals surface area contributed by atoms with Crippen LogP contribution in [0, 0.1) is 0 Å². The molecule has 2 rings (SSSR count). The van der Waals surface area contributed by atoms with E-state index in [2.05, 4.69) is 24.8 Å². The van der Waals surface area contributed by atoms with Crippen molar-refractivity contribution in [2.45, 2.75) is 19.4 Å². The topological polar surface area (TPSA) is 61.8 Å². The monoisotopic (exact) mass is 262 g/mol. The Labute approximate surface area is 113 Å². The zero-order valence-corrected chi connectivity index (χ0v) is 11.8. The predicted molar refractivity (Wildman–Crippen MR) is 76.2 cm³/mol. The molecule has 6 nitrogen and oxygen atoms in total. The Kier molecular flexibility index (Phi) is 4.57. The van der Waals surface area contributed by atoms with Crippen LogP contribution in [-0.2, 0) is 20.0 Å². The fourth-order valence-electron chi connectivity index (χ4n) is 2.05. The van der Waals surface area contributed by atoms with Crippen LogP contribution in [0.5, 0.6) is 0 Å². The van der Waals surface area contributed by atoms with Crippen LogP contribution >= 0.6 is 0 Å². The number of H-pyrrole nitrogens is 1. The average molecular weight is 262 g/mol. The molecular formula is C13H22N6. The van der Waals surface area contributed by atoms with Crippen molar-refractivity contribution >= 4 is 5.95 Å². The zero-order chi connectivity index (χ0) is 13.7. The fourth-order valence-corrected chi connectivity index (χ4v) is 2.05. The van der Waals surface area contributed by atoms with E-state index >= 15 is 0 Å². The van der Waals surface area contributed by atoms with Gasteiger partial charge in [0.2, 0.25) is 5.95 Å². The van der Waals surface area contributed by atoms with Gasteiger partial charge in [-0.3, -0.25) is 0 Å². The molecule has 0 aliphatic rings. The Morgan fingerprint density at radius 3 is 2.84 bits per heavy atom. The second kappa shape index (κ2) is 6.38. The Bertz CT molecular complexity index is 485. The van der Waals surface area contributed by atoms with E-state index in [0.29, 0.717) is 0 Å². The number of aryl methyl sites for hydroxylation is 1. The average Bonchev–Trinajstić information content (AvgIpc) is 2.99. The number of anilines is 1. The van der Waals surface area contributed by atoms with Gasteiger partial charge in [0.1, 0.15) is 5.82 Å². The SMILES string of the molecule is CN(C)c1ncc(CNCCCc2ncc[nH]2)n1C. The Balaban J connectivity index is 1.71. The molecule has 0 aromatic carbocycles. The number of aromatic nitrogens is 4. The van der Waals surface area contributed by atoms with Gasteiger partial charge in [-0.2, -0.15) is 0 Å². The Hall–Kier alpha value is -1.82. The van der Waals surface area contributed by atoms with Gasteiger partial charge in [-0.25, -0.2) is 9.97 Å². The van der Waals surface area contributed by atoms with Crippen LogP contribution in [0.15, 0.2) is 18.6 Å². The number of nitrogens with one attached hydrogen (secondary N) is 2. The summed E-state index contributed by atoms with van der Waals surface area (Å²) in [5.41, 5.74) is 1.20. The van der Waals surface area contributed by atoms with Crippen LogP contribution in [0.4, 0.5) is 5.95 Å². The van der Waals surface area contributed by atoms with Crippen LogP contribution in [0.1, 0.15) is 17.9 Å². The second-order valence-electron chi connectivity index (χ2n) is 4.82. The number of hydrogen-bond acceptors (Lipinski definition) is 4. The van der Waals surface area contributed by atoms with Crippen LogP contribution < -0.4 is 10.2 Å². The Morgan fingerprint density at radius 2 is 2.21 bits per heavy atom. The molecule has 0 aliphatic carbocycles. The summed E-state index contributed by atoms with van der Waals surface area (Å²) in [6.45, 7) is 1.82. The molecule has 0 amide bonds. The highest BCUT2D eigenvalue weighted by molar-refractivity contribution is 5.30. The molecule has 0 atom stereocenters. The molecule has 6 heteroatoms. The maximum atomic E-state index is 4.39. The largest absolute Gasteiger partial charge is 0.349 e. The molecule has 2 heterocycles. The summed E-state index contributed by atoms with van der Waals surface area (Å²) in [5, 5.41) is 3.44. The minimum Gasteiger partial charge on any atom is -0.349 e. The highest BCUT2D eigenvalue weighted by atomic mass is 15.3. The van der Waals surface area contributed by atoms with Crippen molar-refractivity contribution < 1.29 is 0 Å². The summed E-state index contributed by atoms with van der Waals surface area (Å²) < 4.78 is 2.11. The van der Waals surface area contributed by atoms with Crippen molar-refractivity contribution in [2.75, 3.05) is 25.5 Å². The van der Waals surface area contributed by atoms with Crippen molar-refractivity contribution in [3.8, 4) is 0 Å². The number of rotatable bonds is 7. The molecular weight excluding hydrogens is 240 g/mol. The van der Waals surface area contributed by atoms with E-state index in [1.807, 2.05) is 38.4 Å². The van der Waals surface area contributed by atoms with E-state index in [0.717, 1.165) is 37.7 Å². The van der Waals surface area contributed by atoms with Crippen LogP contribution in [0.3, 0.4) is 0 Å². The van der Waals surface area contributed by atoms with Gasteiger partial charge in [-0.05, 0) is 13.0 Å². The van der Waals surface area contributed by atoms with Crippen molar-refractivity contribution in [1.29, 1.82) is 0 Å². The Morgan fingerprint density at radius 1 is 1.37 bits per heavy atom. The molecule has 0 bridgehead atoms. The van der Waals surface area contributed by atoms with Gasteiger partial charge in [0.15, 0.2) is 0 Å². The summed E-state index contributed by atoms with van der Waals surface area (Å²) >= 11 is 0. The summed E-state index contributed by atoms with van der Waals surface area (Å²) in [6.07, 6.45) is 7.64. The smallest absolute Gasteiger partial charge is 0.204 e. The summed E-state index contributed by atoms with van der Waals surface area (Å²) in [7, 11) is 6.05. The van der Waals surface area contributed by atoms with Gasteiger partial charge in [-0.1, -0.05) is 0 Å². The van der Waals surface area contributed by atoms with Gasteiger partial charge in [0, 0.05) is 46.5 Å². The van der Waals surface area contributed by atoms with E-state index in [9.17, 15) is 0 Å². The lowest BCUT2D eigenvalue weighted by atomic mass is 10.3. The summed E-state index contributed by atoms with van der Waals surface area (Å²) in [6, 6.07) is 0. The standard InChI is InChI=1S/C13H22N6/c1-18(2)13-17-10-11(19(13)3)9-14-6-4-5-12-15-7-8-16-12/h7-8,10,14H,4-6,9H2,1-3H3,(H,15,16). The normalized spacial score (nSPS) is 10.9. The van der Waals surface area contributed by atoms with Crippen molar-refractivity contribution in [1.82, 2.24) is 24.8 Å². The fraction of sp³-hybridized carbons (Fsp3) is 0.538. The van der Waals surface area contributed by atoms with Gasteiger partial charge >= 0.3 is 0 Å². The van der Waals surface area contributed by atoms with E-state index in [1.165, 1.54) is 5.69 Å². The lowest BCUT2D eigenvalue weighted by Gasteiger charge is -2.12. The van der Waals surface area contributed by atoms with Crippen LogP contribution in [-0.4, -0.2) is 40.2 Å². The van der Waals surface area contributed by atoms with Gasteiger partial charge in [0.05, 0.1) is 11.9 Å². The number of nitrogens with zero attached hydrogens (tertiary/aromatic N) is 4.